The van der Waals surface area contributed by atoms with Crippen molar-refractivity contribution in [2.75, 3.05) is 18.5 Å². The minimum absolute atomic E-state index is 0.0377. The van der Waals surface area contributed by atoms with Crippen molar-refractivity contribution in [1.82, 2.24) is 14.5 Å². The minimum Gasteiger partial charge on any atom is -0.396 e. The van der Waals surface area contributed by atoms with Crippen LogP contribution in [0, 0.1) is 22.2 Å². The number of likely N-dealkylation sites (tertiary alicyclic amines) is 1. The number of rotatable bonds is 11. The first-order chi connectivity index (χ1) is 19.0. The van der Waals surface area contributed by atoms with Gasteiger partial charge in [0.2, 0.25) is 11.9 Å². The van der Waals surface area contributed by atoms with E-state index in [0.29, 0.717) is 37.9 Å². The summed E-state index contributed by atoms with van der Waals surface area (Å²) in [5.74, 6) is -0.477. The van der Waals surface area contributed by atoms with E-state index in [1.807, 2.05) is 42.7 Å². The molecule has 3 aromatic rings. The predicted octanol–water partition coefficient (Wildman–Crippen LogP) is 6.00. The first-order valence-electron chi connectivity index (χ1n) is 13.5. The summed E-state index contributed by atoms with van der Waals surface area (Å²) in [6.45, 7) is 6.52. The van der Waals surface area contributed by atoms with Crippen molar-refractivity contribution in [3.63, 3.8) is 0 Å². The van der Waals surface area contributed by atoms with Gasteiger partial charge in [-0.15, -0.1) is 11.3 Å². The molecule has 2 atom stereocenters. The number of carbonyl (C=O) groups is 2. The SMILES string of the molecule is CC(C)(CO)CCCC(C)(C#N)C(=O)N1CCC[C@@H]1Cn1c(NC(=O)c2ccc(C(F)F)s2)nc2ccccc21. The molecule has 214 valence electrons. The number of nitriles is 1. The number of imidazole rings is 1. The van der Waals surface area contributed by atoms with Crippen molar-refractivity contribution in [2.24, 2.45) is 10.8 Å². The molecule has 1 aliphatic heterocycles. The Kier molecular flexibility index (Phi) is 8.90. The molecular formula is C29H35F2N5O3S. The van der Waals surface area contributed by atoms with E-state index in [4.69, 9.17) is 0 Å². The normalized spacial score (nSPS) is 17.2. The standard InChI is InChI=1S/C29H35F2N5O3S/c1-28(2,18-37)13-7-14-29(3,17-32)26(39)35-15-6-8-19(35)16-36-21-10-5-4-9-20(21)33-27(36)34-25(38)23-12-11-22(40-23)24(30)31/h4-5,9-12,19,24,37H,6-8,13-16,18H2,1-3H3,(H,33,34,38)/t19-,29?/m1/s1. The molecule has 1 saturated heterocycles. The lowest BCUT2D eigenvalue weighted by atomic mass is 9.80. The van der Waals surface area contributed by atoms with E-state index in [0.717, 1.165) is 29.7 Å². The van der Waals surface area contributed by atoms with Gasteiger partial charge in [-0.2, -0.15) is 5.26 Å². The fourth-order valence-corrected chi connectivity index (χ4v) is 5.90. The molecule has 40 heavy (non-hydrogen) atoms. The molecule has 0 bridgehead atoms. The fraction of sp³-hybridized carbons (Fsp3) is 0.517. The molecule has 0 spiro atoms. The summed E-state index contributed by atoms with van der Waals surface area (Å²) in [6, 6.07) is 12.0. The van der Waals surface area contributed by atoms with E-state index < -0.39 is 17.7 Å². The summed E-state index contributed by atoms with van der Waals surface area (Å²) in [5.41, 5.74) is -0.0420. The number of hydrogen-bond acceptors (Lipinski definition) is 6. The number of fused-ring (bicyclic) bond motifs is 1. The molecule has 1 unspecified atom stereocenters. The highest BCUT2D eigenvalue weighted by Crippen LogP contribution is 2.34. The van der Waals surface area contributed by atoms with Crippen LogP contribution in [0.25, 0.3) is 11.0 Å². The first-order valence-corrected chi connectivity index (χ1v) is 14.3. The van der Waals surface area contributed by atoms with E-state index >= 15 is 0 Å². The molecule has 11 heteroatoms. The monoisotopic (exact) mass is 571 g/mol. The number of hydrogen-bond donors (Lipinski definition) is 2. The topological polar surface area (TPSA) is 111 Å². The second kappa shape index (κ2) is 12.0. The van der Waals surface area contributed by atoms with Gasteiger partial charge in [-0.1, -0.05) is 32.4 Å². The van der Waals surface area contributed by atoms with Crippen molar-refractivity contribution in [3.05, 3.63) is 46.2 Å². The quantitative estimate of drug-likeness (QED) is 0.293. The van der Waals surface area contributed by atoms with Crippen LogP contribution in [0.3, 0.4) is 0 Å². The molecule has 4 rings (SSSR count). The summed E-state index contributed by atoms with van der Waals surface area (Å²) >= 11 is 0.736. The van der Waals surface area contributed by atoms with Crippen LogP contribution >= 0.6 is 11.3 Å². The van der Waals surface area contributed by atoms with Gasteiger partial charge in [-0.25, -0.2) is 13.8 Å². The van der Waals surface area contributed by atoms with Gasteiger partial charge in [0.15, 0.2) is 0 Å². The summed E-state index contributed by atoms with van der Waals surface area (Å²) in [7, 11) is 0. The van der Waals surface area contributed by atoms with Gasteiger partial charge in [0.05, 0.1) is 26.9 Å². The first kappa shape index (κ1) is 29.6. The molecule has 0 radical (unpaired) electrons. The van der Waals surface area contributed by atoms with Crippen molar-refractivity contribution in [3.8, 4) is 6.07 Å². The van der Waals surface area contributed by atoms with Crippen molar-refractivity contribution < 1.29 is 23.5 Å². The Morgan fingerprint density at radius 3 is 2.65 bits per heavy atom. The molecule has 1 aromatic carbocycles. The van der Waals surface area contributed by atoms with Crippen LogP contribution in [-0.2, 0) is 11.3 Å². The number of benzene rings is 1. The Balaban J connectivity index is 1.55. The third-order valence-electron chi connectivity index (χ3n) is 7.65. The Labute approximate surface area is 236 Å². The minimum atomic E-state index is -2.65. The zero-order valence-electron chi connectivity index (χ0n) is 23.0. The number of carbonyl (C=O) groups excluding carboxylic acids is 2. The number of thiophene rings is 1. The Morgan fingerprint density at radius 1 is 1.23 bits per heavy atom. The Bertz CT molecular complexity index is 1410. The number of amides is 2. The van der Waals surface area contributed by atoms with Crippen molar-refractivity contribution in [1.29, 1.82) is 5.26 Å². The van der Waals surface area contributed by atoms with Gasteiger partial charge < -0.3 is 14.6 Å². The Morgan fingerprint density at radius 2 is 1.98 bits per heavy atom. The van der Waals surface area contributed by atoms with Gasteiger partial charge in [0, 0.05) is 25.7 Å². The molecule has 3 heterocycles. The third kappa shape index (κ3) is 6.34. The maximum absolute atomic E-state index is 13.7. The number of anilines is 1. The van der Waals surface area contributed by atoms with Crippen molar-refractivity contribution in [2.45, 2.75) is 71.9 Å². The third-order valence-corrected chi connectivity index (χ3v) is 8.75. The van der Waals surface area contributed by atoms with Gasteiger partial charge >= 0.3 is 0 Å². The summed E-state index contributed by atoms with van der Waals surface area (Å²) in [5, 5.41) is 22.4. The summed E-state index contributed by atoms with van der Waals surface area (Å²) < 4.78 is 27.9. The molecule has 0 saturated carbocycles. The lowest BCUT2D eigenvalue weighted by molar-refractivity contribution is -0.139. The van der Waals surface area contributed by atoms with Crippen LogP contribution in [0.1, 0.15) is 73.8 Å². The van der Waals surface area contributed by atoms with Crippen LogP contribution in [0.4, 0.5) is 14.7 Å². The van der Waals surface area contributed by atoms with Crippen LogP contribution < -0.4 is 5.32 Å². The number of nitrogens with one attached hydrogen (secondary N) is 1. The number of alkyl halides is 2. The van der Waals surface area contributed by atoms with Gasteiger partial charge in [0.1, 0.15) is 5.41 Å². The molecule has 1 aliphatic rings. The highest BCUT2D eigenvalue weighted by Gasteiger charge is 2.41. The zero-order valence-corrected chi connectivity index (χ0v) is 23.8. The molecular weight excluding hydrogens is 536 g/mol. The Hall–Kier alpha value is -3.36. The average molecular weight is 572 g/mol. The van der Waals surface area contributed by atoms with Crippen LogP contribution in [-0.4, -0.2) is 50.6 Å². The van der Waals surface area contributed by atoms with E-state index in [1.165, 1.54) is 12.1 Å². The zero-order chi connectivity index (χ0) is 29.1. The maximum atomic E-state index is 13.7. The van der Waals surface area contributed by atoms with E-state index in [2.05, 4.69) is 16.4 Å². The van der Waals surface area contributed by atoms with E-state index in [9.17, 15) is 28.7 Å². The largest absolute Gasteiger partial charge is 0.396 e. The predicted molar refractivity (Wildman–Crippen MR) is 150 cm³/mol. The van der Waals surface area contributed by atoms with Crippen LogP contribution in [0.5, 0.6) is 0 Å². The number of aliphatic hydroxyl groups excluding tert-OH is 1. The maximum Gasteiger partial charge on any atom is 0.272 e. The number of aromatic nitrogens is 2. The summed E-state index contributed by atoms with van der Waals surface area (Å²) in [4.78, 5) is 33.0. The molecule has 2 aromatic heterocycles. The number of para-hydroxylation sites is 2. The lowest BCUT2D eigenvalue weighted by Gasteiger charge is -2.32. The smallest absolute Gasteiger partial charge is 0.272 e. The van der Waals surface area contributed by atoms with Gasteiger partial charge in [-0.3, -0.25) is 14.9 Å². The van der Waals surface area contributed by atoms with Gasteiger partial charge in [0.25, 0.3) is 12.3 Å². The van der Waals surface area contributed by atoms with Crippen LogP contribution in [0.2, 0.25) is 0 Å². The molecule has 2 amide bonds. The van der Waals surface area contributed by atoms with Gasteiger partial charge in [-0.05, 0) is 62.3 Å². The summed E-state index contributed by atoms with van der Waals surface area (Å²) in [6.07, 6.45) is 0.599. The van der Waals surface area contributed by atoms with Crippen molar-refractivity contribution >= 4 is 40.1 Å². The highest BCUT2D eigenvalue weighted by molar-refractivity contribution is 7.14. The van der Waals surface area contributed by atoms with E-state index in [-0.39, 0.29) is 39.7 Å². The number of nitrogens with zero attached hydrogens (tertiary/aromatic N) is 4. The molecule has 8 nitrogen and oxygen atoms in total. The van der Waals surface area contributed by atoms with Crippen LogP contribution in [0.15, 0.2) is 36.4 Å². The van der Waals surface area contributed by atoms with E-state index in [1.54, 1.807) is 11.8 Å². The lowest BCUT2D eigenvalue weighted by Crippen LogP contribution is -2.46. The number of halogens is 2. The number of aliphatic hydroxyl groups is 1. The molecule has 2 N–H and O–H groups in total. The highest BCUT2D eigenvalue weighted by atomic mass is 32.1. The second-order valence-corrected chi connectivity index (χ2v) is 12.5. The second-order valence-electron chi connectivity index (χ2n) is 11.4. The fourth-order valence-electron chi connectivity index (χ4n) is 5.14. The molecule has 0 aliphatic carbocycles. The average Bonchev–Trinajstić information content (AvgIpc) is 3.68. The molecule has 1 fully saturated rings.